The Bertz CT molecular complexity index is 77.0. The zero-order valence-electron chi connectivity index (χ0n) is 6.25. The summed E-state index contributed by atoms with van der Waals surface area (Å²) >= 11 is 6.94. The molecule has 0 atom stereocenters. The zero-order chi connectivity index (χ0) is 7.49. The lowest BCUT2D eigenvalue weighted by molar-refractivity contribution is 0.338. The second kappa shape index (κ2) is 3.97. The molecule has 0 aliphatic rings. The maximum Gasteiger partial charge on any atom is 0.0703 e. The zero-order valence-corrected chi connectivity index (χ0v) is 9.42. The van der Waals surface area contributed by atoms with Gasteiger partial charge in [-0.05, 0) is 11.8 Å². The van der Waals surface area contributed by atoms with E-state index in [0.717, 1.165) is 0 Å². The fourth-order valence-corrected chi connectivity index (χ4v) is 2.31. The molecule has 0 unspecified atom stereocenters. The summed E-state index contributed by atoms with van der Waals surface area (Å²) in [5, 5.41) is 0. The largest absolute Gasteiger partial charge is 0.0765 e. The van der Waals surface area contributed by atoms with E-state index in [-0.39, 0.29) is 0 Å². The van der Waals surface area contributed by atoms with E-state index >= 15 is 0 Å². The van der Waals surface area contributed by atoms with Gasteiger partial charge < -0.3 is 0 Å². The van der Waals surface area contributed by atoms with Crippen molar-refractivity contribution in [3.63, 3.8) is 0 Å². The van der Waals surface area contributed by atoms with Crippen molar-refractivity contribution in [1.82, 2.24) is 0 Å². The average Bonchev–Trinajstić information content (AvgIpc) is 1.63. The summed E-state index contributed by atoms with van der Waals surface area (Å²) in [6.45, 7) is 6.79. The van der Waals surface area contributed by atoms with Crippen LogP contribution in [0.15, 0.2) is 0 Å². The molecule has 56 valence electrons. The normalized spacial score (nSPS) is 12.7. The molecule has 0 amide bonds. The summed E-state index contributed by atoms with van der Waals surface area (Å²) in [4.78, 5) is 0. The van der Waals surface area contributed by atoms with Crippen molar-refractivity contribution in [2.45, 2.75) is 37.3 Å². The van der Waals surface area contributed by atoms with Crippen LogP contribution in [0.1, 0.15) is 33.6 Å². The Hall–Kier alpha value is 0.960. The van der Waals surface area contributed by atoms with E-state index in [2.05, 4.69) is 52.6 Å². The smallest absolute Gasteiger partial charge is 0.0703 e. The predicted octanol–water partition coefficient (Wildman–Crippen LogP) is 3.93. The lowest BCUT2D eigenvalue weighted by Gasteiger charge is -2.22. The van der Waals surface area contributed by atoms with E-state index in [1.54, 1.807) is 0 Å². The first kappa shape index (κ1) is 9.96. The van der Waals surface area contributed by atoms with Crippen LogP contribution in [0.4, 0.5) is 0 Å². The molecule has 0 radical (unpaired) electrons. The third kappa shape index (κ3) is 5.41. The van der Waals surface area contributed by atoms with Crippen molar-refractivity contribution in [3.8, 4) is 0 Å². The fourth-order valence-electron chi connectivity index (χ4n) is 0.562. The van der Waals surface area contributed by atoms with Crippen LogP contribution in [0.3, 0.4) is 0 Å². The van der Waals surface area contributed by atoms with Crippen molar-refractivity contribution >= 4 is 31.9 Å². The molecule has 9 heavy (non-hydrogen) atoms. The van der Waals surface area contributed by atoms with Gasteiger partial charge in [-0.3, -0.25) is 0 Å². The molecule has 0 heterocycles. The van der Waals surface area contributed by atoms with Crippen LogP contribution in [-0.4, -0.2) is 3.74 Å². The van der Waals surface area contributed by atoms with Crippen molar-refractivity contribution in [1.29, 1.82) is 0 Å². The van der Waals surface area contributed by atoms with Crippen LogP contribution >= 0.6 is 31.9 Å². The highest BCUT2D eigenvalue weighted by Crippen LogP contribution is 2.31. The summed E-state index contributed by atoms with van der Waals surface area (Å²) < 4.78 is 0.472. The van der Waals surface area contributed by atoms with Crippen LogP contribution in [0.25, 0.3) is 0 Å². The Morgan fingerprint density at radius 2 is 1.78 bits per heavy atom. The molecule has 0 rings (SSSR count). The first-order valence-corrected chi connectivity index (χ1v) is 5.09. The highest BCUT2D eigenvalue weighted by Gasteiger charge is 2.17. The molecule has 0 spiro atoms. The first-order valence-electron chi connectivity index (χ1n) is 3.26. The minimum atomic E-state index is 0.470. The molecule has 0 saturated heterocycles. The summed E-state index contributed by atoms with van der Waals surface area (Å²) in [6, 6.07) is 0. The molecule has 0 nitrogen and oxygen atoms in total. The van der Waals surface area contributed by atoms with Gasteiger partial charge in [0.1, 0.15) is 0 Å². The number of halogens is 2. The van der Waals surface area contributed by atoms with Crippen LogP contribution < -0.4 is 0 Å². The lowest BCUT2D eigenvalue weighted by atomic mass is 9.88. The van der Waals surface area contributed by atoms with E-state index < -0.39 is 0 Å². The van der Waals surface area contributed by atoms with Gasteiger partial charge in [-0.15, -0.1) is 0 Å². The van der Waals surface area contributed by atoms with Gasteiger partial charge in [0.2, 0.25) is 0 Å². The molecule has 0 fully saturated rings. The molecular weight excluding hydrogens is 244 g/mol. The molecule has 0 aliphatic heterocycles. The number of alkyl halides is 2. The summed E-state index contributed by atoms with van der Waals surface area (Å²) in [7, 11) is 0. The Morgan fingerprint density at radius 1 is 1.33 bits per heavy atom. The number of hydrogen-bond acceptors (Lipinski definition) is 0. The maximum atomic E-state index is 3.47. The highest BCUT2D eigenvalue weighted by atomic mass is 79.9. The minimum Gasteiger partial charge on any atom is -0.0765 e. The van der Waals surface area contributed by atoms with Crippen LogP contribution in [0, 0.1) is 5.41 Å². The van der Waals surface area contributed by atoms with E-state index in [9.17, 15) is 0 Å². The Kier molecular flexibility index (Phi) is 4.39. The fraction of sp³-hybridized carbons (Fsp3) is 1.00. The standard InChI is InChI=1S/C7H14Br2/c1-4-7(2,3)5-6(8)9/h6H,4-5H2,1-3H3. The van der Waals surface area contributed by atoms with Crippen molar-refractivity contribution in [3.05, 3.63) is 0 Å². The van der Waals surface area contributed by atoms with Gasteiger partial charge in [-0.2, -0.15) is 0 Å². The minimum absolute atomic E-state index is 0.470. The molecule has 0 aromatic carbocycles. The topological polar surface area (TPSA) is 0 Å². The predicted molar refractivity (Wildman–Crippen MR) is 50.3 cm³/mol. The highest BCUT2D eigenvalue weighted by molar-refractivity contribution is 9.24. The number of rotatable bonds is 3. The second-order valence-electron chi connectivity index (χ2n) is 3.11. The van der Waals surface area contributed by atoms with Crippen molar-refractivity contribution in [2.75, 3.05) is 0 Å². The third-order valence-electron chi connectivity index (χ3n) is 1.66. The molecule has 0 bridgehead atoms. The molecule has 0 aromatic heterocycles. The van der Waals surface area contributed by atoms with Gasteiger partial charge in [0, 0.05) is 0 Å². The second-order valence-corrected chi connectivity index (χ2v) is 6.55. The van der Waals surface area contributed by atoms with Crippen molar-refractivity contribution in [2.24, 2.45) is 5.41 Å². The monoisotopic (exact) mass is 256 g/mol. The lowest BCUT2D eigenvalue weighted by Crippen LogP contribution is -2.12. The SMILES string of the molecule is CCC(C)(C)CC(Br)Br. The van der Waals surface area contributed by atoms with Crippen LogP contribution in [0.5, 0.6) is 0 Å². The maximum absolute atomic E-state index is 3.47. The van der Waals surface area contributed by atoms with E-state index in [1.165, 1.54) is 12.8 Å². The van der Waals surface area contributed by atoms with Gasteiger partial charge in [0.05, 0.1) is 3.74 Å². The van der Waals surface area contributed by atoms with Crippen LogP contribution in [0.2, 0.25) is 0 Å². The summed E-state index contributed by atoms with van der Waals surface area (Å²) in [6.07, 6.45) is 2.42. The summed E-state index contributed by atoms with van der Waals surface area (Å²) in [5.74, 6) is 0. The van der Waals surface area contributed by atoms with E-state index in [0.29, 0.717) is 9.15 Å². The Morgan fingerprint density at radius 3 is 1.89 bits per heavy atom. The van der Waals surface area contributed by atoms with E-state index in [4.69, 9.17) is 0 Å². The third-order valence-corrected chi connectivity index (χ3v) is 2.31. The quantitative estimate of drug-likeness (QED) is 0.673. The molecule has 0 aliphatic carbocycles. The number of hydrogen-bond donors (Lipinski definition) is 0. The summed E-state index contributed by atoms with van der Waals surface area (Å²) in [5.41, 5.74) is 0.470. The molecule has 0 saturated carbocycles. The van der Waals surface area contributed by atoms with Crippen molar-refractivity contribution < 1.29 is 0 Å². The first-order chi connectivity index (χ1) is 3.98. The van der Waals surface area contributed by atoms with Gasteiger partial charge in [0.15, 0.2) is 0 Å². The molecule has 2 heteroatoms. The van der Waals surface area contributed by atoms with E-state index in [1.807, 2.05) is 0 Å². The van der Waals surface area contributed by atoms with Gasteiger partial charge in [-0.25, -0.2) is 0 Å². The Balaban J connectivity index is 3.58. The van der Waals surface area contributed by atoms with Gasteiger partial charge >= 0.3 is 0 Å². The molecule has 0 N–H and O–H groups in total. The van der Waals surface area contributed by atoms with Gasteiger partial charge in [0.25, 0.3) is 0 Å². The Labute approximate surface area is 74.7 Å². The van der Waals surface area contributed by atoms with Gasteiger partial charge in [-0.1, -0.05) is 59.1 Å². The van der Waals surface area contributed by atoms with Crippen LogP contribution in [-0.2, 0) is 0 Å². The average molecular weight is 258 g/mol. The molecule has 0 aromatic rings. The molecular formula is C7H14Br2.